The van der Waals surface area contributed by atoms with Crippen LogP contribution in [0, 0.1) is 46.3 Å². The Morgan fingerprint density at radius 2 is 1.50 bits per heavy atom. The molecule has 10 atom stereocenters. The molecule has 4 rings (SSSR count). The maximum atomic E-state index is 10.6. The second-order valence-corrected chi connectivity index (χ2v) is 11.7. The largest absolute Gasteiger partial charge is 0.393 e. The molecule has 26 heavy (non-hydrogen) atoms. The van der Waals surface area contributed by atoms with Crippen molar-refractivity contribution in [2.45, 2.75) is 104 Å². The van der Waals surface area contributed by atoms with Crippen LogP contribution in [0.15, 0.2) is 0 Å². The number of aliphatic hydroxyl groups excluding tert-OH is 1. The normalized spacial score (nSPS) is 56.2. The van der Waals surface area contributed by atoms with Gasteiger partial charge in [0.05, 0.1) is 11.7 Å². The zero-order chi connectivity index (χ0) is 18.9. The Labute approximate surface area is 161 Å². The Balaban J connectivity index is 1.58. The number of hydrogen-bond donors (Lipinski definition) is 2. The van der Waals surface area contributed by atoms with Crippen molar-refractivity contribution in [3.63, 3.8) is 0 Å². The van der Waals surface area contributed by atoms with Crippen molar-refractivity contribution in [2.24, 2.45) is 46.3 Å². The van der Waals surface area contributed by atoms with E-state index in [1.165, 1.54) is 44.9 Å². The molecule has 0 aromatic heterocycles. The van der Waals surface area contributed by atoms with Gasteiger partial charge in [0.1, 0.15) is 0 Å². The van der Waals surface area contributed by atoms with Gasteiger partial charge < -0.3 is 10.2 Å². The highest BCUT2D eigenvalue weighted by Crippen LogP contribution is 2.68. The van der Waals surface area contributed by atoms with Gasteiger partial charge in [0.2, 0.25) is 0 Å². The van der Waals surface area contributed by atoms with Gasteiger partial charge in [-0.1, -0.05) is 20.8 Å². The van der Waals surface area contributed by atoms with E-state index in [2.05, 4.69) is 27.7 Å². The highest BCUT2D eigenvalue weighted by molar-refractivity contribution is 5.10. The fraction of sp³-hybridized carbons (Fsp3) is 1.00. The van der Waals surface area contributed by atoms with Crippen LogP contribution in [0.1, 0.15) is 92.4 Å². The smallest absolute Gasteiger partial charge is 0.0622 e. The zero-order valence-electron chi connectivity index (χ0n) is 17.8. The summed E-state index contributed by atoms with van der Waals surface area (Å²) in [7, 11) is 0. The number of fused-ring (bicyclic) bond motifs is 5. The number of rotatable bonds is 2. The summed E-state index contributed by atoms with van der Waals surface area (Å²) in [4.78, 5) is 0. The first kappa shape index (κ1) is 19.2. The minimum absolute atomic E-state index is 0.179. The van der Waals surface area contributed by atoms with Crippen molar-refractivity contribution in [2.75, 3.05) is 0 Å². The molecule has 0 aromatic rings. The van der Waals surface area contributed by atoms with Crippen molar-refractivity contribution in [3.05, 3.63) is 0 Å². The summed E-state index contributed by atoms with van der Waals surface area (Å²) in [5.41, 5.74) is 0.479. The van der Waals surface area contributed by atoms with Crippen LogP contribution in [0.2, 0.25) is 0 Å². The molecule has 2 heteroatoms. The third-order valence-corrected chi connectivity index (χ3v) is 10.4. The molecule has 2 N–H and O–H groups in total. The summed E-state index contributed by atoms with van der Waals surface area (Å²) >= 11 is 0. The summed E-state index contributed by atoms with van der Waals surface area (Å²) < 4.78 is 0. The van der Waals surface area contributed by atoms with Crippen LogP contribution in [-0.2, 0) is 0 Å². The molecule has 0 aliphatic heterocycles. The molecule has 0 heterocycles. The molecule has 4 aliphatic carbocycles. The fourth-order valence-electron chi connectivity index (χ4n) is 8.67. The molecular formula is C24H42O2. The Morgan fingerprint density at radius 1 is 0.808 bits per heavy atom. The molecule has 4 aliphatic rings. The lowest BCUT2D eigenvalue weighted by atomic mass is 9.43. The first-order chi connectivity index (χ1) is 12.1. The van der Waals surface area contributed by atoms with E-state index in [9.17, 15) is 10.2 Å². The molecule has 4 saturated carbocycles. The topological polar surface area (TPSA) is 40.5 Å². The van der Waals surface area contributed by atoms with Gasteiger partial charge in [-0.15, -0.1) is 0 Å². The third-order valence-electron chi connectivity index (χ3n) is 10.4. The van der Waals surface area contributed by atoms with E-state index >= 15 is 0 Å². The highest BCUT2D eigenvalue weighted by Gasteiger charge is 2.61. The fourth-order valence-corrected chi connectivity index (χ4v) is 8.67. The van der Waals surface area contributed by atoms with Gasteiger partial charge in [0, 0.05) is 0 Å². The second kappa shape index (κ2) is 6.21. The summed E-state index contributed by atoms with van der Waals surface area (Å²) in [6, 6.07) is 0. The summed E-state index contributed by atoms with van der Waals surface area (Å²) in [6.07, 6.45) is 11.2. The van der Waals surface area contributed by atoms with E-state index in [0.29, 0.717) is 22.7 Å². The van der Waals surface area contributed by atoms with Gasteiger partial charge in [-0.3, -0.25) is 0 Å². The Hall–Kier alpha value is -0.0800. The van der Waals surface area contributed by atoms with Crippen LogP contribution in [0.5, 0.6) is 0 Å². The molecule has 0 amide bonds. The Bertz CT molecular complexity index is 540. The van der Waals surface area contributed by atoms with Crippen LogP contribution in [0.4, 0.5) is 0 Å². The quantitative estimate of drug-likeness (QED) is 0.689. The number of aliphatic hydroxyl groups is 2. The van der Waals surface area contributed by atoms with Crippen molar-refractivity contribution in [3.8, 4) is 0 Å². The Morgan fingerprint density at radius 3 is 2.19 bits per heavy atom. The zero-order valence-corrected chi connectivity index (χ0v) is 17.8. The molecule has 2 nitrogen and oxygen atoms in total. The molecular weight excluding hydrogens is 320 g/mol. The van der Waals surface area contributed by atoms with Crippen molar-refractivity contribution in [1.29, 1.82) is 0 Å². The lowest BCUT2D eigenvalue weighted by Gasteiger charge is -2.62. The minimum atomic E-state index is -0.425. The van der Waals surface area contributed by atoms with Gasteiger partial charge in [0.15, 0.2) is 0 Å². The lowest BCUT2D eigenvalue weighted by molar-refractivity contribution is -0.149. The van der Waals surface area contributed by atoms with E-state index in [1.54, 1.807) is 0 Å². The van der Waals surface area contributed by atoms with Gasteiger partial charge >= 0.3 is 0 Å². The van der Waals surface area contributed by atoms with Gasteiger partial charge in [-0.25, -0.2) is 0 Å². The van der Waals surface area contributed by atoms with Crippen LogP contribution in [-0.4, -0.2) is 21.9 Å². The predicted octanol–water partition coefficient (Wildman–Crippen LogP) is 5.41. The molecule has 0 bridgehead atoms. The van der Waals surface area contributed by atoms with Crippen molar-refractivity contribution >= 4 is 0 Å². The maximum Gasteiger partial charge on any atom is 0.0622 e. The lowest BCUT2D eigenvalue weighted by Crippen LogP contribution is -2.55. The standard InChI is InChI=1S/C24H42O2/c1-15(16(2)25)19-8-9-20-18-7-6-17-14-22(3,26)12-13-23(17,4)21(18)10-11-24(19,20)5/h15-21,25-26H,6-14H2,1-5H3/t15-,16-,17+,18+,19-,20+,21+,22+,23+,24-/m1/s1. The second-order valence-electron chi connectivity index (χ2n) is 11.7. The average molecular weight is 363 g/mol. The van der Waals surface area contributed by atoms with Crippen LogP contribution >= 0.6 is 0 Å². The maximum absolute atomic E-state index is 10.6. The van der Waals surface area contributed by atoms with Crippen LogP contribution in [0.25, 0.3) is 0 Å². The third kappa shape index (κ3) is 2.72. The van der Waals surface area contributed by atoms with Gasteiger partial charge in [-0.2, -0.15) is 0 Å². The number of hydrogen-bond acceptors (Lipinski definition) is 2. The first-order valence-corrected chi connectivity index (χ1v) is 11.5. The molecule has 0 spiro atoms. The van der Waals surface area contributed by atoms with E-state index < -0.39 is 5.60 Å². The summed E-state index contributed by atoms with van der Waals surface area (Å²) in [6.45, 7) is 11.5. The van der Waals surface area contributed by atoms with Gasteiger partial charge in [-0.05, 0) is 118 Å². The van der Waals surface area contributed by atoms with Crippen molar-refractivity contribution in [1.82, 2.24) is 0 Å². The van der Waals surface area contributed by atoms with E-state index in [-0.39, 0.29) is 6.10 Å². The van der Waals surface area contributed by atoms with Crippen molar-refractivity contribution < 1.29 is 10.2 Å². The molecule has 150 valence electrons. The monoisotopic (exact) mass is 362 g/mol. The molecule has 0 aromatic carbocycles. The molecule has 4 fully saturated rings. The first-order valence-electron chi connectivity index (χ1n) is 11.5. The summed E-state index contributed by atoms with van der Waals surface area (Å²) in [5, 5.41) is 20.9. The van der Waals surface area contributed by atoms with Crippen LogP contribution < -0.4 is 0 Å². The van der Waals surface area contributed by atoms with E-state index in [4.69, 9.17) is 0 Å². The molecule has 0 unspecified atom stereocenters. The van der Waals surface area contributed by atoms with E-state index in [0.717, 1.165) is 36.5 Å². The highest BCUT2D eigenvalue weighted by atomic mass is 16.3. The van der Waals surface area contributed by atoms with Crippen LogP contribution in [0.3, 0.4) is 0 Å². The van der Waals surface area contributed by atoms with E-state index in [1.807, 2.05) is 6.92 Å². The molecule has 0 radical (unpaired) electrons. The SMILES string of the molecule is C[C@@H]([C@H]1CC[C@H]2[C@@H]3CC[C@H]4C[C@@](C)(O)CC[C@]4(C)[C@H]3CC[C@]12C)[C@@H](C)O. The Kier molecular flexibility index (Phi) is 4.60. The average Bonchev–Trinajstić information content (AvgIpc) is 2.91. The van der Waals surface area contributed by atoms with Gasteiger partial charge in [0.25, 0.3) is 0 Å². The summed E-state index contributed by atoms with van der Waals surface area (Å²) in [5.74, 6) is 4.49. The predicted molar refractivity (Wildman–Crippen MR) is 107 cm³/mol. The molecule has 0 saturated heterocycles. The minimum Gasteiger partial charge on any atom is -0.393 e.